The molecule has 0 bridgehead atoms. The number of carbonyl (C=O) groups is 2. The smallest absolute Gasteiger partial charge is 0.342 e. The molecule has 0 saturated heterocycles. The molecule has 10 heteroatoms. The Labute approximate surface area is 190 Å². The van der Waals surface area contributed by atoms with E-state index in [1.807, 2.05) is 0 Å². The second kappa shape index (κ2) is 8.86. The molecule has 0 radical (unpaired) electrons. The van der Waals surface area contributed by atoms with Crippen molar-refractivity contribution in [3.8, 4) is 11.5 Å². The third-order valence-corrected chi connectivity index (χ3v) is 7.41. The Bertz CT molecular complexity index is 1100. The molecule has 2 N–H and O–H groups in total. The molecule has 2 heterocycles. The standard InChI is InChI=1S/C21H18ClFO6S2/c1-8-12(20(26)28-3)16(24)18(30-8)15(14-10(22)6-5-7-11(14)23)19-17(25)13(9(2)31-19)21(27)29-4/h5-7,15,24-25H,1-4H3. The van der Waals surface area contributed by atoms with Gasteiger partial charge in [0.15, 0.2) is 0 Å². The lowest BCUT2D eigenvalue weighted by atomic mass is 9.92. The van der Waals surface area contributed by atoms with E-state index >= 15 is 0 Å². The Morgan fingerprint density at radius 3 is 1.81 bits per heavy atom. The van der Waals surface area contributed by atoms with Crippen LogP contribution in [0, 0.1) is 19.7 Å². The van der Waals surface area contributed by atoms with Crippen molar-refractivity contribution in [3.05, 3.63) is 65.2 Å². The van der Waals surface area contributed by atoms with Crippen LogP contribution in [0.4, 0.5) is 4.39 Å². The summed E-state index contributed by atoms with van der Waals surface area (Å²) >= 11 is 8.41. The van der Waals surface area contributed by atoms with Gasteiger partial charge in [-0.25, -0.2) is 14.0 Å². The maximum atomic E-state index is 15.0. The highest BCUT2D eigenvalue weighted by molar-refractivity contribution is 7.14. The van der Waals surface area contributed by atoms with Crippen LogP contribution in [0.3, 0.4) is 0 Å². The highest BCUT2D eigenvalue weighted by Crippen LogP contribution is 2.52. The van der Waals surface area contributed by atoms with Gasteiger partial charge in [-0.05, 0) is 26.0 Å². The monoisotopic (exact) mass is 484 g/mol. The molecule has 0 aliphatic rings. The summed E-state index contributed by atoms with van der Waals surface area (Å²) in [7, 11) is 2.36. The van der Waals surface area contributed by atoms with E-state index in [1.165, 1.54) is 32.4 Å². The van der Waals surface area contributed by atoms with Crippen LogP contribution in [0.25, 0.3) is 0 Å². The second-order valence-corrected chi connectivity index (χ2v) is 9.46. The largest absolute Gasteiger partial charge is 0.506 e. The SMILES string of the molecule is COC(=O)c1c(C)sc(C(c2sc(C)c(C(=O)OC)c2O)c2c(F)cccc2Cl)c1O. The number of rotatable bonds is 5. The summed E-state index contributed by atoms with van der Waals surface area (Å²) in [6.07, 6.45) is 0. The minimum absolute atomic E-state index is 0.00917. The number of aromatic hydroxyl groups is 2. The molecule has 0 fully saturated rings. The van der Waals surface area contributed by atoms with Crippen molar-refractivity contribution in [1.82, 2.24) is 0 Å². The Morgan fingerprint density at radius 1 is 0.968 bits per heavy atom. The molecule has 0 atom stereocenters. The van der Waals surface area contributed by atoms with Crippen molar-refractivity contribution in [1.29, 1.82) is 0 Å². The summed E-state index contributed by atoms with van der Waals surface area (Å²) in [6.45, 7) is 3.22. The number of hydrogen-bond donors (Lipinski definition) is 2. The van der Waals surface area contributed by atoms with Crippen LogP contribution < -0.4 is 0 Å². The van der Waals surface area contributed by atoms with Crippen molar-refractivity contribution < 1.29 is 33.7 Å². The average Bonchev–Trinajstić information content (AvgIpc) is 3.18. The van der Waals surface area contributed by atoms with Gasteiger partial charge < -0.3 is 19.7 Å². The van der Waals surface area contributed by atoms with Crippen LogP contribution in [-0.4, -0.2) is 36.4 Å². The van der Waals surface area contributed by atoms with Crippen LogP contribution in [0.2, 0.25) is 5.02 Å². The maximum absolute atomic E-state index is 15.0. The number of carbonyl (C=O) groups excluding carboxylic acids is 2. The number of methoxy groups -OCH3 is 2. The van der Waals surface area contributed by atoms with Gasteiger partial charge in [0.2, 0.25) is 0 Å². The van der Waals surface area contributed by atoms with E-state index < -0.39 is 35.2 Å². The van der Waals surface area contributed by atoms with Crippen LogP contribution in [0.15, 0.2) is 18.2 Å². The second-order valence-electron chi connectivity index (χ2n) is 6.54. The number of esters is 2. The summed E-state index contributed by atoms with van der Waals surface area (Å²) in [5, 5.41) is 21.8. The fourth-order valence-corrected chi connectivity index (χ4v) is 6.03. The third kappa shape index (κ3) is 3.88. The first-order valence-corrected chi connectivity index (χ1v) is 10.9. The molecule has 0 spiro atoms. The van der Waals surface area contributed by atoms with Gasteiger partial charge in [-0.2, -0.15) is 0 Å². The minimum atomic E-state index is -1.09. The summed E-state index contributed by atoms with van der Waals surface area (Å²) in [4.78, 5) is 25.6. The predicted molar refractivity (Wildman–Crippen MR) is 116 cm³/mol. The summed E-state index contributed by atoms with van der Waals surface area (Å²) in [5.41, 5.74) is -0.119. The molecule has 6 nitrogen and oxygen atoms in total. The normalized spacial score (nSPS) is 11.1. The Balaban J connectivity index is 2.38. The van der Waals surface area contributed by atoms with Gasteiger partial charge in [-0.3, -0.25) is 0 Å². The predicted octanol–water partition coefficient (Wildman–Crippen LogP) is 5.38. The van der Waals surface area contributed by atoms with Crippen LogP contribution >= 0.6 is 34.3 Å². The lowest BCUT2D eigenvalue weighted by molar-refractivity contribution is 0.0588. The lowest BCUT2D eigenvalue weighted by Crippen LogP contribution is -2.06. The molecular formula is C21H18ClFO6S2. The first-order valence-electron chi connectivity index (χ1n) is 8.88. The minimum Gasteiger partial charge on any atom is -0.506 e. The first kappa shape index (κ1) is 23.1. The highest BCUT2D eigenvalue weighted by atomic mass is 35.5. The van der Waals surface area contributed by atoms with Gasteiger partial charge in [0.25, 0.3) is 0 Å². The van der Waals surface area contributed by atoms with E-state index in [4.69, 9.17) is 21.1 Å². The van der Waals surface area contributed by atoms with E-state index in [9.17, 15) is 24.2 Å². The van der Waals surface area contributed by atoms with Gasteiger partial charge in [0, 0.05) is 20.3 Å². The number of aryl methyl sites for hydroxylation is 2. The quantitative estimate of drug-likeness (QED) is 0.472. The summed E-state index contributed by atoms with van der Waals surface area (Å²) in [6, 6.07) is 4.10. The lowest BCUT2D eigenvalue weighted by Gasteiger charge is -2.18. The zero-order chi connectivity index (χ0) is 23.0. The van der Waals surface area contributed by atoms with Gasteiger partial charge in [0.1, 0.15) is 28.4 Å². The third-order valence-electron chi connectivity index (χ3n) is 4.76. The fourth-order valence-electron chi connectivity index (χ4n) is 3.35. The highest BCUT2D eigenvalue weighted by Gasteiger charge is 2.36. The van der Waals surface area contributed by atoms with Crippen molar-refractivity contribution in [2.75, 3.05) is 14.2 Å². The summed E-state index contributed by atoms with van der Waals surface area (Å²) in [5.74, 6) is -4.06. The van der Waals surface area contributed by atoms with E-state index in [2.05, 4.69) is 0 Å². The number of hydrogen-bond acceptors (Lipinski definition) is 8. The van der Waals surface area contributed by atoms with E-state index in [-0.39, 0.29) is 31.5 Å². The molecule has 1 aromatic carbocycles. The molecule has 3 rings (SSSR count). The Kier molecular flexibility index (Phi) is 6.59. The number of halogens is 2. The molecular weight excluding hydrogens is 467 g/mol. The van der Waals surface area contributed by atoms with Crippen molar-refractivity contribution in [3.63, 3.8) is 0 Å². The van der Waals surface area contributed by atoms with Crippen molar-refractivity contribution in [2.24, 2.45) is 0 Å². The molecule has 0 unspecified atom stereocenters. The maximum Gasteiger partial charge on any atom is 0.342 e. The van der Waals surface area contributed by atoms with Crippen LogP contribution in [0.1, 0.15) is 51.7 Å². The fraction of sp³-hybridized carbons (Fsp3) is 0.238. The molecule has 2 aromatic heterocycles. The number of ether oxygens (including phenoxy) is 2. The molecule has 0 aliphatic carbocycles. The first-order chi connectivity index (χ1) is 14.6. The topological polar surface area (TPSA) is 93.1 Å². The molecule has 31 heavy (non-hydrogen) atoms. The van der Waals surface area contributed by atoms with Crippen LogP contribution in [0.5, 0.6) is 11.5 Å². The number of thiophene rings is 2. The molecule has 0 saturated carbocycles. The van der Waals surface area contributed by atoms with E-state index in [1.54, 1.807) is 13.8 Å². The van der Waals surface area contributed by atoms with Gasteiger partial charge in [-0.15, -0.1) is 22.7 Å². The van der Waals surface area contributed by atoms with E-state index in [0.717, 1.165) is 22.7 Å². The van der Waals surface area contributed by atoms with Crippen molar-refractivity contribution >= 4 is 46.2 Å². The molecule has 0 aliphatic heterocycles. The zero-order valence-corrected chi connectivity index (χ0v) is 19.3. The molecule has 164 valence electrons. The number of benzene rings is 1. The average molecular weight is 485 g/mol. The Hall–Kier alpha value is -2.62. The van der Waals surface area contributed by atoms with Gasteiger partial charge in [-0.1, -0.05) is 17.7 Å². The van der Waals surface area contributed by atoms with Crippen molar-refractivity contribution in [2.45, 2.75) is 19.8 Å². The Morgan fingerprint density at radius 2 is 1.42 bits per heavy atom. The van der Waals surface area contributed by atoms with Gasteiger partial charge in [0.05, 0.1) is 29.9 Å². The molecule has 0 amide bonds. The van der Waals surface area contributed by atoms with Crippen LogP contribution in [-0.2, 0) is 9.47 Å². The van der Waals surface area contributed by atoms with Gasteiger partial charge >= 0.3 is 11.9 Å². The summed E-state index contributed by atoms with van der Waals surface area (Å²) < 4.78 is 24.5. The molecule has 3 aromatic rings. The van der Waals surface area contributed by atoms with E-state index in [0.29, 0.717) is 9.75 Å². The zero-order valence-electron chi connectivity index (χ0n) is 16.9.